The van der Waals surface area contributed by atoms with E-state index in [-0.39, 0.29) is 6.10 Å². The number of fused-ring (bicyclic) bond motifs is 1. The maximum absolute atomic E-state index is 5.92. The molecule has 4 rings (SSSR count). The van der Waals surface area contributed by atoms with E-state index in [4.69, 9.17) is 9.47 Å². The zero-order valence-corrected chi connectivity index (χ0v) is 18.1. The van der Waals surface area contributed by atoms with Crippen LogP contribution < -0.4 is 20.1 Å². The molecule has 8 nitrogen and oxygen atoms in total. The van der Waals surface area contributed by atoms with Crippen LogP contribution in [0.2, 0.25) is 0 Å². The minimum atomic E-state index is 0.203. The Morgan fingerprint density at radius 3 is 2.90 bits per heavy atom. The van der Waals surface area contributed by atoms with Crippen molar-refractivity contribution in [1.82, 2.24) is 25.4 Å². The topological polar surface area (TPSA) is 85.6 Å². The van der Waals surface area contributed by atoms with Crippen molar-refractivity contribution >= 4 is 5.96 Å². The molecular weight excluding hydrogens is 392 g/mol. The molecule has 1 aliphatic rings. The highest BCUT2D eigenvalue weighted by molar-refractivity contribution is 5.79. The molecule has 1 atom stereocenters. The molecule has 1 unspecified atom stereocenters. The zero-order valence-electron chi connectivity index (χ0n) is 18.1. The normalized spacial score (nSPS) is 15.3. The zero-order chi connectivity index (χ0) is 21.6. The summed E-state index contributed by atoms with van der Waals surface area (Å²) in [4.78, 5) is 8.71. The van der Waals surface area contributed by atoms with Crippen molar-refractivity contribution in [2.75, 3.05) is 13.7 Å². The first-order valence-electron chi connectivity index (χ1n) is 10.5. The maximum Gasteiger partial charge on any atom is 0.191 e. The minimum absolute atomic E-state index is 0.203. The summed E-state index contributed by atoms with van der Waals surface area (Å²) in [5, 5.41) is 10.9. The molecule has 0 saturated heterocycles. The Kier molecular flexibility index (Phi) is 6.35. The lowest BCUT2D eigenvalue weighted by Gasteiger charge is -2.16. The number of aliphatic imine (C=N–C) groups is 1. The molecule has 0 spiro atoms. The Morgan fingerprint density at radius 1 is 1.26 bits per heavy atom. The summed E-state index contributed by atoms with van der Waals surface area (Å²) in [7, 11) is 1.76. The lowest BCUT2D eigenvalue weighted by Crippen LogP contribution is -2.36. The second kappa shape index (κ2) is 9.51. The first kappa shape index (κ1) is 20.7. The monoisotopic (exact) mass is 420 g/mol. The number of aromatic nitrogens is 3. The second-order valence-corrected chi connectivity index (χ2v) is 7.39. The van der Waals surface area contributed by atoms with Gasteiger partial charge in [-0.3, -0.25) is 4.99 Å². The summed E-state index contributed by atoms with van der Waals surface area (Å²) in [6.45, 7) is 5.89. The number of hydrogen-bond donors (Lipinski definition) is 2. The van der Waals surface area contributed by atoms with Crippen LogP contribution in [0.4, 0.5) is 0 Å². The largest absolute Gasteiger partial charge is 0.494 e. The molecule has 2 aromatic heterocycles. The fourth-order valence-corrected chi connectivity index (χ4v) is 3.59. The van der Waals surface area contributed by atoms with Gasteiger partial charge in [0, 0.05) is 56.3 Å². The summed E-state index contributed by atoms with van der Waals surface area (Å²) >= 11 is 0. The minimum Gasteiger partial charge on any atom is -0.494 e. The van der Waals surface area contributed by atoms with Crippen LogP contribution in [-0.2, 0) is 19.5 Å². The van der Waals surface area contributed by atoms with Gasteiger partial charge in [-0.25, -0.2) is 9.67 Å². The highest BCUT2D eigenvalue weighted by Crippen LogP contribution is 2.35. The van der Waals surface area contributed by atoms with Crippen molar-refractivity contribution in [1.29, 1.82) is 0 Å². The molecule has 0 aliphatic carbocycles. The van der Waals surface area contributed by atoms with Crippen molar-refractivity contribution in [2.24, 2.45) is 4.99 Å². The third kappa shape index (κ3) is 4.96. The van der Waals surface area contributed by atoms with Gasteiger partial charge in [-0.15, -0.1) is 0 Å². The Hall–Kier alpha value is -3.55. The van der Waals surface area contributed by atoms with Crippen LogP contribution in [-0.4, -0.2) is 40.5 Å². The van der Waals surface area contributed by atoms with E-state index in [0.29, 0.717) is 25.7 Å². The molecule has 0 fully saturated rings. The Bertz CT molecular complexity index is 1050. The SMILES string of the molecule is CCOc1cc2c(cc1CNC(=NC)NCc1ccnc(-n3cccn3)c1)OC(C)C2. The van der Waals surface area contributed by atoms with Crippen LogP contribution in [0.1, 0.15) is 30.5 Å². The Balaban J connectivity index is 1.39. The summed E-state index contributed by atoms with van der Waals surface area (Å²) in [5.41, 5.74) is 3.33. The van der Waals surface area contributed by atoms with Gasteiger partial charge >= 0.3 is 0 Å². The fourth-order valence-electron chi connectivity index (χ4n) is 3.59. The highest BCUT2D eigenvalue weighted by Gasteiger charge is 2.21. The van der Waals surface area contributed by atoms with Gasteiger partial charge in [0.2, 0.25) is 0 Å². The van der Waals surface area contributed by atoms with Crippen molar-refractivity contribution in [2.45, 2.75) is 39.5 Å². The molecule has 3 heterocycles. The number of pyridine rings is 1. The molecule has 2 N–H and O–H groups in total. The van der Waals surface area contributed by atoms with E-state index < -0.39 is 0 Å². The average molecular weight is 421 g/mol. The van der Waals surface area contributed by atoms with Crippen LogP contribution in [0.15, 0.2) is 53.9 Å². The van der Waals surface area contributed by atoms with E-state index in [9.17, 15) is 0 Å². The molecule has 1 aliphatic heterocycles. The average Bonchev–Trinajstić information content (AvgIpc) is 3.43. The smallest absolute Gasteiger partial charge is 0.191 e. The van der Waals surface area contributed by atoms with Crippen LogP contribution in [0.25, 0.3) is 5.82 Å². The maximum atomic E-state index is 5.92. The van der Waals surface area contributed by atoms with Gasteiger partial charge in [0.15, 0.2) is 11.8 Å². The van der Waals surface area contributed by atoms with Crippen LogP contribution in [0, 0.1) is 0 Å². The van der Waals surface area contributed by atoms with E-state index in [1.54, 1.807) is 24.1 Å². The first-order valence-corrected chi connectivity index (χ1v) is 10.5. The molecule has 1 aromatic carbocycles. The Morgan fingerprint density at radius 2 is 2.13 bits per heavy atom. The third-order valence-corrected chi connectivity index (χ3v) is 5.06. The predicted molar refractivity (Wildman–Crippen MR) is 120 cm³/mol. The summed E-state index contributed by atoms with van der Waals surface area (Å²) < 4.78 is 13.5. The molecule has 0 radical (unpaired) electrons. The summed E-state index contributed by atoms with van der Waals surface area (Å²) in [6.07, 6.45) is 6.51. The summed E-state index contributed by atoms with van der Waals surface area (Å²) in [5.74, 6) is 3.31. The number of ether oxygens (including phenoxy) is 2. The van der Waals surface area contributed by atoms with Crippen molar-refractivity contribution in [3.8, 4) is 17.3 Å². The molecule has 0 saturated carbocycles. The van der Waals surface area contributed by atoms with E-state index in [1.807, 2.05) is 31.3 Å². The molecule has 0 bridgehead atoms. The van der Waals surface area contributed by atoms with E-state index in [1.165, 1.54) is 5.56 Å². The number of guanidine groups is 1. The molecular formula is C23H28N6O2. The number of benzene rings is 1. The number of nitrogens with one attached hydrogen (secondary N) is 2. The molecule has 0 amide bonds. The van der Waals surface area contributed by atoms with Crippen molar-refractivity contribution < 1.29 is 9.47 Å². The van der Waals surface area contributed by atoms with Gasteiger partial charge in [-0.1, -0.05) is 0 Å². The van der Waals surface area contributed by atoms with Crippen LogP contribution >= 0.6 is 0 Å². The number of rotatable bonds is 7. The second-order valence-electron chi connectivity index (χ2n) is 7.39. The standard InChI is InChI=1S/C23H28N6O2/c1-4-30-20-12-18-10-16(2)31-21(18)13-19(20)15-27-23(24-3)26-14-17-6-8-25-22(11-17)29-9-5-7-28-29/h5-9,11-13,16H,4,10,14-15H2,1-3H3,(H2,24,26,27). The van der Waals surface area contributed by atoms with E-state index in [0.717, 1.165) is 34.9 Å². The summed E-state index contributed by atoms with van der Waals surface area (Å²) in [6, 6.07) is 10.0. The quantitative estimate of drug-likeness (QED) is 0.452. The molecule has 162 valence electrons. The van der Waals surface area contributed by atoms with Gasteiger partial charge in [0.1, 0.15) is 17.6 Å². The van der Waals surface area contributed by atoms with Crippen LogP contribution in [0.5, 0.6) is 11.5 Å². The first-order chi connectivity index (χ1) is 15.2. The van der Waals surface area contributed by atoms with Gasteiger partial charge < -0.3 is 20.1 Å². The third-order valence-electron chi connectivity index (χ3n) is 5.06. The fraction of sp³-hybridized carbons (Fsp3) is 0.348. The number of nitrogens with zero attached hydrogens (tertiary/aromatic N) is 4. The Labute approximate surface area is 182 Å². The van der Waals surface area contributed by atoms with Gasteiger partial charge in [-0.05, 0) is 49.7 Å². The van der Waals surface area contributed by atoms with Crippen molar-refractivity contribution in [3.05, 3.63) is 65.6 Å². The lowest BCUT2D eigenvalue weighted by atomic mass is 10.1. The molecule has 3 aromatic rings. The van der Waals surface area contributed by atoms with Crippen molar-refractivity contribution in [3.63, 3.8) is 0 Å². The van der Waals surface area contributed by atoms with E-state index in [2.05, 4.69) is 44.8 Å². The molecule has 8 heteroatoms. The number of hydrogen-bond acceptors (Lipinski definition) is 5. The van der Waals surface area contributed by atoms with E-state index >= 15 is 0 Å². The predicted octanol–water partition coefficient (Wildman–Crippen LogP) is 2.85. The highest BCUT2D eigenvalue weighted by atomic mass is 16.5. The van der Waals surface area contributed by atoms with Gasteiger partial charge in [0.25, 0.3) is 0 Å². The molecule has 31 heavy (non-hydrogen) atoms. The van der Waals surface area contributed by atoms with Gasteiger partial charge in [0.05, 0.1) is 6.61 Å². The van der Waals surface area contributed by atoms with Crippen LogP contribution in [0.3, 0.4) is 0 Å². The van der Waals surface area contributed by atoms with Gasteiger partial charge in [-0.2, -0.15) is 5.10 Å². The lowest BCUT2D eigenvalue weighted by molar-refractivity contribution is 0.254.